The number of morpholine rings is 1. The molecule has 1 fully saturated rings. The largest absolute Gasteiger partial charge is 0.378 e. The van der Waals surface area contributed by atoms with Gasteiger partial charge in [-0.05, 0) is 24.5 Å². The fourth-order valence-electron chi connectivity index (χ4n) is 3.27. The van der Waals surface area contributed by atoms with Crippen LogP contribution in [0.4, 0.5) is 5.82 Å². The highest BCUT2D eigenvalue weighted by Crippen LogP contribution is 2.19. The first-order valence-electron chi connectivity index (χ1n) is 10.1. The second-order valence-electron chi connectivity index (χ2n) is 6.97. The molecule has 150 valence electrons. The highest BCUT2D eigenvalue weighted by molar-refractivity contribution is 5.79. The Kier molecular flexibility index (Phi) is 7.67. The summed E-state index contributed by atoms with van der Waals surface area (Å²) in [6, 6.07) is 14.6. The molecule has 1 aliphatic rings. The van der Waals surface area contributed by atoms with Gasteiger partial charge in [-0.2, -0.15) is 0 Å². The first-order chi connectivity index (χ1) is 13.8. The summed E-state index contributed by atoms with van der Waals surface area (Å²) in [5.41, 5.74) is 2.46. The van der Waals surface area contributed by atoms with Crippen molar-refractivity contribution in [3.63, 3.8) is 0 Å². The maximum Gasteiger partial charge on any atom is 0.191 e. The van der Waals surface area contributed by atoms with Crippen molar-refractivity contribution in [1.29, 1.82) is 0 Å². The summed E-state index contributed by atoms with van der Waals surface area (Å²) >= 11 is 0. The summed E-state index contributed by atoms with van der Waals surface area (Å²) < 4.78 is 5.47. The maximum absolute atomic E-state index is 5.47. The molecule has 2 N–H and O–H groups in total. The maximum atomic E-state index is 5.47. The van der Waals surface area contributed by atoms with Crippen molar-refractivity contribution < 1.29 is 4.74 Å². The molecule has 6 nitrogen and oxygen atoms in total. The molecule has 6 heteroatoms. The second kappa shape index (κ2) is 10.7. The van der Waals surface area contributed by atoms with E-state index >= 15 is 0 Å². The molecule has 3 rings (SSSR count). The number of hydrogen-bond acceptors (Lipinski definition) is 4. The third-order valence-corrected chi connectivity index (χ3v) is 4.87. The highest BCUT2D eigenvalue weighted by Gasteiger charge is 2.15. The summed E-state index contributed by atoms with van der Waals surface area (Å²) in [4.78, 5) is 11.7. The van der Waals surface area contributed by atoms with Crippen molar-refractivity contribution >= 4 is 11.8 Å². The second-order valence-corrected chi connectivity index (χ2v) is 6.97. The van der Waals surface area contributed by atoms with E-state index in [-0.39, 0.29) is 0 Å². The molecule has 0 bridgehead atoms. The van der Waals surface area contributed by atoms with Gasteiger partial charge in [0.15, 0.2) is 5.96 Å². The average molecular weight is 382 g/mol. The fraction of sp³-hybridized carbons (Fsp3) is 0.455. The van der Waals surface area contributed by atoms with Crippen LogP contribution in [-0.2, 0) is 11.3 Å². The Bertz CT molecular complexity index is 744. The number of nitrogens with zero attached hydrogens (tertiary/aromatic N) is 3. The molecule has 28 heavy (non-hydrogen) atoms. The molecular formula is C22H31N5O. The highest BCUT2D eigenvalue weighted by atomic mass is 16.5. The van der Waals surface area contributed by atoms with Crippen molar-refractivity contribution in [3.05, 3.63) is 59.8 Å². The van der Waals surface area contributed by atoms with Gasteiger partial charge in [0.1, 0.15) is 5.82 Å². The lowest BCUT2D eigenvalue weighted by atomic mass is 10.0. The van der Waals surface area contributed by atoms with Crippen LogP contribution in [0.2, 0.25) is 0 Å². The van der Waals surface area contributed by atoms with Crippen LogP contribution in [0, 0.1) is 0 Å². The van der Waals surface area contributed by atoms with Crippen molar-refractivity contribution in [2.75, 3.05) is 44.3 Å². The molecule has 2 heterocycles. The van der Waals surface area contributed by atoms with E-state index in [4.69, 9.17) is 9.73 Å². The van der Waals surface area contributed by atoms with Gasteiger partial charge < -0.3 is 20.3 Å². The average Bonchev–Trinajstić information content (AvgIpc) is 2.77. The minimum absolute atomic E-state index is 0.410. The number of ether oxygens (including phenoxy) is 1. The standard InChI is InChI=1S/C22H31N5O/c1-3-23-22(25-16-18(2)19-8-5-4-6-9-19)26-17-20-10-7-11-24-21(20)27-12-14-28-15-13-27/h4-11,18H,3,12-17H2,1-2H3,(H2,23,25,26). The van der Waals surface area contributed by atoms with Crippen LogP contribution in [-0.4, -0.2) is 50.3 Å². The van der Waals surface area contributed by atoms with E-state index in [0.29, 0.717) is 12.5 Å². The minimum atomic E-state index is 0.410. The molecule has 2 aromatic rings. The monoisotopic (exact) mass is 381 g/mol. The van der Waals surface area contributed by atoms with Gasteiger partial charge in [-0.1, -0.05) is 43.3 Å². The number of nitrogens with one attached hydrogen (secondary N) is 2. The zero-order valence-corrected chi connectivity index (χ0v) is 16.9. The summed E-state index contributed by atoms with van der Waals surface area (Å²) in [5, 5.41) is 6.82. The van der Waals surface area contributed by atoms with Crippen LogP contribution in [0.15, 0.2) is 53.7 Å². The Morgan fingerprint density at radius 1 is 1.14 bits per heavy atom. The van der Waals surface area contributed by atoms with Crippen LogP contribution in [0.3, 0.4) is 0 Å². The van der Waals surface area contributed by atoms with Crippen LogP contribution in [0.1, 0.15) is 30.9 Å². The number of hydrogen-bond donors (Lipinski definition) is 2. The van der Waals surface area contributed by atoms with E-state index in [0.717, 1.165) is 56.7 Å². The molecule has 0 radical (unpaired) electrons. The first kappa shape index (κ1) is 20.1. The van der Waals surface area contributed by atoms with E-state index < -0.39 is 0 Å². The number of aromatic nitrogens is 1. The Hall–Kier alpha value is -2.60. The fourth-order valence-corrected chi connectivity index (χ4v) is 3.27. The lowest BCUT2D eigenvalue weighted by molar-refractivity contribution is 0.122. The third-order valence-electron chi connectivity index (χ3n) is 4.87. The van der Waals surface area contributed by atoms with Crippen LogP contribution >= 0.6 is 0 Å². The molecule has 1 saturated heterocycles. The lowest BCUT2D eigenvalue weighted by Crippen LogP contribution is -2.39. The lowest BCUT2D eigenvalue weighted by Gasteiger charge is -2.29. The van der Waals surface area contributed by atoms with Gasteiger partial charge in [-0.25, -0.2) is 9.98 Å². The normalized spacial score (nSPS) is 15.9. The summed E-state index contributed by atoms with van der Waals surface area (Å²) in [5.74, 6) is 2.26. The minimum Gasteiger partial charge on any atom is -0.378 e. The molecule has 0 amide bonds. The molecule has 1 aromatic carbocycles. The van der Waals surface area contributed by atoms with E-state index in [1.165, 1.54) is 5.56 Å². The molecule has 0 aliphatic carbocycles. The molecular weight excluding hydrogens is 350 g/mol. The van der Waals surface area contributed by atoms with E-state index in [1.54, 1.807) is 0 Å². The number of guanidine groups is 1. The topological polar surface area (TPSA) is 61.8 Å². The molecule has 1 aliphatic heterocycles. The van der Waals surface area contributed by atoms with Gasteiger partial charge in [0.2, 0.25) is 0 Å². The third kappa shape index (κ3) is 5.70. The van der Waals surface area contributed by atoms with Crippen molar-refractivity contribution in [2.24, 2.45) is 4.99 Å². The SMILES string of the molecule is CCNC(=NCc1cccnc1N1CCOCC1)NCC(C)c1ccccc1. The molecule has 0 saturated carbocycles. The number of rotatable bonds is 7. The van der Waals surface area contributed by atoms with Gasteiger partial charge in [0.05, 0.1) is 19.8 Å². The molecule has 1 unspecified atom stereocenters. The number of anilines is 1. The summed E-state index contributed by atoms with van der Waals surface area (Å²) in [7, 11) is 0. The van der Waals surface area contributed by atoms with Crippen LogP contribution in [0.25, 0.3) is 0 Å². The van der Waals surface area contributed by atoms with Gasteiger partial charge in [0, 0.05) is 37.9 Å². The Labute approximate surface area is 168 Å². The van der Waals surface area contributed by atoms with Gasteiger partial charge in [-0.15, -0.1) is 0 Å². The smallest absolute Gasteiger partial charge is 0.191 e. The van der Waals surface area contributed by atoms with Gasteiger partial charge in [0.25, 0.3) is 0 Å². The van der Waals surface area contributed by atoms with Crippen molar-refractivity contribution in [3.8, 4) is 0 Å². The molecule has 1 atom stereocenters. The number of pyridine rings is 1. The Morgan fingerprint density at radius 3 is 2.68 bits per heavy atom. The first-order valence-corrected chi connectivity index (χ1v) is 10.1. The van der Waals surface area contributed by atoms with E-state index in [2.05, 4.69) is 70.8 Å². The Balaban J connectivity index is 1.64. The quantitative estimate of drug-likeness (QED) is 0.570. The van der Waals surface area contributed by atoms with Crippen LogP contribution < -0.4 is 15.5 Å². The van der Waals surface area contributed by atoms with Crippen molar-refractivity contribution in [2.45, 2.75) is 26.3 Å². The van der Waals surface area contributed by atoms with Gasteiger partial charge in [-0.3, -0.25) is 0 Å². The Morgan fingerprint density at radius 2 is 1.93 bits per heavy atom. The predicted octanol–water partition coefficient (Wildman–Crippen LogP) is 2.78. The van der Waals surface area contributed by atoms with Crippen molar-refractivity contribution in [1.82, 2.24) is 15.6 Å². The summed E-state index contributed by atoms with van der Waals surface area (Å²) in [6.07, 6.45) is 1.85. The molecule has 1 aromatic heterocycles. The summed E-state index contributed by atoms with van der Waals surface area (Å²) in [6.45, 7) is 9.82. The number of benzene rings is 1. The zero-order chi connectivity index (χ0) is 19.6. The van der Waals surface area contributed by atoms with Crippen LogP contribution in [0.5, 0.6) is 0 Å². The number of aliphatic imine (C=N–C) groups is 1. The van der Waals surface area contributed by atoms with E-state index in [9.17, 15) is 0 Å². The predicted molar refractivity (Wildman–Crippen MR) is 115 cm³/mol. The van der Waals surface area contributed by atoms with E-state index in [1.807, 2.05) is 12.3 Å². The zero-order valence-electron chi connectivity index (χ0n) is 16.9. The van der Waals surface area contributed by atoms with Gasteiger partial charge >= 0.3 is 0 Å². The molecule has 0 spiro atoms.